The zero-order valence-electron chi connectivity index (χ0n) is 9.43. The van der Waals surface area contributed by atoms with Crippen LogP contribution >= 0.6 is 0 Å². The minimum atomic E-state index is 0.996. The van der Waals surface area contributed by atoms with Crippen LogP contribution in [0.4, 0.5) is 0 Å². The van der Waals surface area contributed by atoms with Crippen molar-refractivity contribution in [1.82, 2.24) is 0 Å². The number of pyridine rings is 1. The van der Waals surface area contributed by atoms with Gasteiger partial charge in [-0.05, 0) is 16.8 Å². The Bertz CT molecular complexity index is 728. The smallest absolute Gasteiger partial charge is 0.194 e. The molecule has 1 nitrogen and oxygen atoms in total. The van der Waals surface area contributed by atoms with Crippen LogP contribution in [0.1, 0.15) is 5.56 Å². The standard InChI is InChI=1S/C16H12N/c1-2-6-14-12(5-1)8-9-13-11-17-10-4-3-7-15(17)16(13)14/h1-10H,11H2/q+1. The van der Waals surface area contributed by atoms with Crippen molar-refractivity contribution in [2.75, 3.05) is 0 Å². The Hall–Kier alpha value is -2.15. The second kappa shape index (κ2) is 3.17. The monoisotopic (exact) mass is 218 g/mol. The molecular formula is C16H12N+. The first-order valence-corrected chi connectivity index (χ1v) is 5.93. The van der Waals surface area contributed by atoms with Crippen molar-refractivity contribution in [2.45, 2.75) is 6.54 Å². The van der Waals surface area contributed by atoms with Gasteiger partial charge < -0.3 is 0 Å². The first-order valence-electron chi connectivity index (χ1n) is 5.93. The third-order valence-electron chi connectivity index (χ3n) is 3.55. The number of nitrogens with zero attached hydrogens (tertiary/aromatic N) is 1. The fourth-order valence-corrected chi connectivity index (χ4v) is 2.78. The lowest BCUT2D eigenvalue weighted by Crippen LogP contribution is -2.31. The lowest BCUT2D eigenvalue weighted by Gasteiger charge is -2.01. The van der Waals surface area contributed by atoms with E-state index in [0.717, 1.165) is 6.54 Å². The van der Waals surface area contributed by atoms with E-state index in [1.807, 2.05) is 0 Å². The van der Waals surface area contributed by atoms with Crippen molar-refractivity contribution in [1.29, 1.82) is 0 Å². The van der Waals surface area contributed by atoms with Crippen molar-refractivity contribution in [3.8, 4) is 11.3 Å². The molecule has 4 rings (SSSR count). The van der Waals surface area contributed by atoms with Gasteiger partial charge in [0.05, 0.1) is 5.56 Å². The van der Waals surface area contributed by atoms with Gasteiger partial charge in [-0.1, -0.05) is 36.4 Å². The number of benzene rings is 2. The molecule has 3 aromatic rings. The van der Waals surface area contributed by atoms with Crippen LogP contribution < -0.4 is 4.57 Å². The largest absolute Gasteiger partial charge is 0.213 e. The predicted octanol–water partition coefficient (Wildman–Crippen LogP) is 3.16. The summed E-state index contributed by atoms with van der Waals surface area (Å²) in [6.45, 7) is 0.996. The summed E-state index contributed by atoms with van der Waals surface area (Å²) in [7, 11) is 0. The molecule has 0 saturated carbocycles. The Morgan fingerprint density at radius 2 is 1.71 bits per heavy atom. The number of hydrogen-bond acceptors (Lipinski definition) is 0. The molecule has 0 aliphatic carbocycles. The van der Waals surface area contributed by atoms with Gasteiger partial charge in [0.25, 0.3) is 0 Å². The van der Waals surface area contributed by atoms with E-state index in [0.29, 0.717) is 0 Å². The maximum absolute atomic E-state index is 2.32. The minimum Gasteiger partial charge on any atom is -0.194 e. The lowest BCUT2D eigenvalue weighted by molar-refractivity contribution is -0.672. The minimum absolute atomic E-state index is 0.996. The van der Waals surface area contributed by atoms with Crippen LogP contribution in [0.5, 0.6) is 0 Å². The molecule has 0 atom stereocenters. The van der Waals surface area contributed by atoms with Crippen LogP contribution in [0.3, 0.4) is 0 Å². The highest BCUT2D eigenvalue weighted by Crippen LogP contribution is 2.33. The summed E-state index contributed by atoms with van der Waals surface area (Å²) in [5, 5.41) is 2.69. The Morgan fingerprint density at radius 3 is 2.71 bits per heavy atom. The van der Waals surface area contributed by atoms with Crippen molar-refractivity contribution in [3.05, 3.63) is 66.4 Å². The van der Waals surface area contributed by atoms with Gasteiger partial charge in [0, 0.05) is 17.7 Å². The van der Waals surface area contributed by atoms with E-state index in [-0.39, 0.29) is 0 Å². The van der Waals surface area contributed by atoms with Gasteiger partial charge in [0.15, 0.2) is 12.7 Å². The third kappa shape index (κ3) is 1.17. The van der Waals surface area contributed by atoms with Crippen molar-refractivity contribution >= 4 is 10.8 Å². The number of fused-ring (bicyclic) bond motifs is 5. The van der Waals surface area contributed by atoms with E-state index in [1.54, 1.807) is 0 Å². The molecule has 0 amide bonds. The zero-order chi connectivity index (χ0) is 11.2. The summed E-state index contributed by atoms with van der Waals surface area (Å²) in [4.78, 5) is 0. The van der Waals surface area contributed by atoms with Crippen LogP contribution in [0.2, 0.25) is 0 Å². The summed E-state index contributed by atoms with van der Waals surface area (Å²) in [5.41, 5.74) is 4.16. The molecule has 1 aromatic heterocycles. The maximum Gasteiger partial charge on any atom is 0.213 e. The SMILES string of the molecule is c1cc[n+]2c(c1)-c1c(ccc3ccccc13)C2. The van der Waals surface area contributed by atoms with Gasteiger partial charge in [-0.2, -0.15) is 4.57 Å². The predicted molar refractivity (Wildman–Crippen MR) is 68.7 cm³/mol. The summed E-state index contributed by atoms with van der Waals surface area (Å²) >= 11 is 0. The molecule has 1 aliphatic rings. The topological polar surface area (TPSA) is 3.88 Å². The maximum atomic E-state index is 2.32. The van der Waals surface area contributed by atoms with Crippen LogP contribution in [0, 0.1) is 0 Å². The molecule has 2 heterocycles. The summed E-state index contributed by atoms with van der Waals surface area (Å²) in [6, 6.07) is 19.5. The quantitative estimate of drug-likeness (QED) is 0.399. The van der Waals surface area contributed by atoms with E-state index in [1.165, 1.54) is 27.6 Å². The highest BCUT2D eigenvalue weighted by Gasteiger charge is 2.26. The Morgan fingerprint density at radius 1 is 0.824 bits per heavy atom. The summed E-state index contributed by atoms with van der Waals surface area (Å²) in [5.74, 6) is 0. The first kappa shape index (κ1) is 8.94. The fraction of sp³-hybridized carbons (Fsp3) is 0.0625. The van der Waals surface area contributed by atoms with Gasteiger partial charge in [0.2, 0.25) is 5.69 Å². The van der Waals surface area contributed by atoms with Gasteiger partial charge in [-0.15, -0.1) is 0 Å². The Kier molecular flexibility index (Phi) is 1.67. The fourth-order valence-electron chi connectivity index (χ4n) is 2.78. The molecular weight excluding hydrogens is 206 g/mol. The van der Waals surface area contributed by atoms with Crippen LogP contribution in [-0.4, -0.2) is 0 Å². The Balaban J connectivity index is 2.17. The molecule has 0 N–H and O–H groups in total. The average molecular weight is 218 g/mol. The van der Waals surface area contributed by atoms with Crippen molar-refractivity contribution in [2.24, 2.45) is 0 Å². The molecule has 1 aliphatic heterocycles. The third-order valence-corrected chi connectivity index (χ3v) is 3.55. The first-order chi connectivity index (χ1) is 8.43. The average Bonchev–Trinajstić information content (AvgIpc) is 2.77. The summed E-state index contributed by atoms with van der Waals surface area (Å²) in [6.07, 6.45) is 2.16. The molecule has 0 saturated heterocycles. The second-order valence-electron chi connectivity index (χ2n) is 4.53. The second-order valence-corrected chi connectivity index (χ2v) is 4.53. The van der Waals surface area contributed by atoms with Crippen LogP contribution in [0.25, 0.3) is 22.0 Å². The van der Waals surface area contributed by atoms with E-state index < -0.39 is 0 Å². The number of hydrogen-bond donors (Lipinski definition) is 0. The molecule has 0 spiro atoms. The van der Waals surface area contributed by atoms with Crippen LogP contribution in [0.15, 0.2) is 60.8 Å². The number of aromatic nitrogens is 1. The van der Waals surface area contributed by atoms with E-state index in [2.05, 4.69) is 65.4 Å². The zero-order valence-corrected chi connectivity index (χ0v) is 9.43. The van der Waals surface area contributed by atoms with E-state index in [9.17, 15) is 0 Å². The lowest BCUT2D eigenvalue weighted by atomic mass is 9.99. The van der Waals surface area contributed by atoms with Crippen molar-refractivity contribution in [3.63, 3.8) is 0 Å². The molecule has 17 heavy (non-hydrogen) atoms. The number of rotatable bonds is 0. The Labute approximate surface area is 100.0 Å². The normalized spacial score (nSPS) is 12.5. The van der Waals surface area contributed by atoms with E-state index in [4.69, 9.17) is 0 Å². The highest BCUT2D eigenvalue weighted by atomic mass is 15.0. The highest BCUT2D eigenvalue weighted by molar-refractivity contribution is 5.97. The molecule has 2 aromatic carbocycles. The van der Waals surface area contributed by atoms with Crippen LogP contribution in [-0.2, 0) is 6.54 Å². The van der Waals surface area contributed by atoms with Gasteiger partial charge in [0.1, 0.15) is 0 Å². The van der Waals surface area contributed by atoms with Crippen molar-refractivity contribution < 1.29 is 4.57 Å². The molecule has 0 unspecified atom stereocenters. The van der Waals surface area contributed by atoms with Gasteiger partial charge in [-0.25, -0.2) is 0 Å². The van der Waals surface area contributed by atoms with E-state index >= 15 is 0 Å². The molecule has 0 fully saturated rings. The van der Waals surface area contributed by atoms with Gasteiger partial charge in [-0.3, -0.25) is 0 Å². The molecule has 80 valence electrons. The molecule has 0 radical (unpaired) electrons. The van der Waals surface area contributed by atoms with Gasteiger partial charge >= 0.3 is 0 Å². The summed E-state index contributed by atoms with van der Waals surface area (Å²) < 4.78 is 2.32. The molecule has 0 bridgehead atoms. The molecule has 1 heteroatoms.